The first-order valence-electron chi connectivity index (χ1n) is 11.2. The number of carbonyl (C=O) groups is 3. The first-order chi connectivity index (χ1) is 15.0. The summed E-state index contributed by atoms with van der Waals surface area (Å²) in [4.78, 5) is 37.2. The highest BCUT2D eigenvalue weighted by atomic mass is 32.2. The van der Waals surface area contributed by atoms with E-state index >= 15 is 0 Å². The van der Waals surface area contributed by atoms with Crippen LogP contribution in [0.4, 0.5) is 4.79 Å². The smallest absolute Gasteiger partial charge is 0.408 e. The highest BCUT2D eigenvalue weighted by Gasteiger charge is 2.38. The molecule has 0 radical (unpaired) electrons. The van der Waals surface area contributed by atoms with Crippen LogP contribution in [0.3, 0.4) is 0 Å². The van der Waals surface area contributed by atoms with E-state index in [4.69, 9.17) is 4.74 Å². The third-order valence-electron chi connectivity index (χ3n) is 5.82. The molecule has 184 valence electrons. The minimum atomic E-state index is -4.90. The second-order valence-electron chi connectivity index (χ2n) is 9.02. The largest absolute Gasteiger partial charge is 0.446 e. The Morgan fingerprint density at radius 2 is 1.81 bits per heavy atom. The normalized spacial score (nSPS) is 22.7. The summed E-state index contributed by atoms with van der Waals surface area (Å²) in [5.74, 6) is -1.67. The number of nitrogens with one attached hydrogen (secondary N) is 3. The van der Waals surface area contributed by atoms with Crippen molar-refractivity contribution in [2.75, 3.05) is 6.54 Å². The maximum atomic E-state index is 12.9. The SMILES string of the molecule is CC(C)CC(NC(=O)OC1CCCCC1)C(=O)N[C@@H](CC1CCNC1=O)C(O)S(=O)(=O)O. The fraction of sp³-hybridized carbons (Fsp3) is 0.850. The fourth-order valence-corrected chi connectivity index (χ4v) is 4.72. The Bertz CT molecular complexity index is 767. The molecule has 4 atom stereocenters. The van der Waals surface area contributed by atoms with Crippen LogP contribution in [0.15, 0.2) is 0 Å². The Morgan fingerprint density at radius 3 is 2.34 bits per heavy atom. The van der Waals surface area contributed by atoms with Crippen molar-refractivity contribution in [3.8, 4) is 0 Å². The number of aliphatic hydroxyl groups is 1. The minimum Gasteiger partial charge on any atom is -0.446 e. The van der Waals surface area contributed by atoms with Gasteiger partial charge in [-0.1, -0.05) is 20.3 Å². The second kappa shape index (κ2) is 11.8. The topological polar surface area (TPSA) is 171 Å². The third-order valence-corrected chi connectivity index (χ3v) is 6.76. The van der Waals surface area contributed by atoms with Crippen molar-refractivity contribution in [2.45, 2.75) is 88.8 Å². The maximum absolute atomic E-state index is 12.9. The number of ether oxygens (including phenoxy) is 1. The summed E-state index contributed by atoms with van der Waals surface area (Å²) in [5.41, 5.74) is -2.31. The molecule has 1 aliphatic heterocycles. The maximum Gasteiger partial charge on any atom is 0.408 e. The number of amides is 3. The van der Waals surface area contributed by atoms with Gasteiger partial charge in [0.15, 0.2) is 0 Å². The molecule has 5 N–H and O–H groups in total. The molecule has 3 amide bonds. The average molecular weight is 478 g/mol. The highest BCUT2D eigenvalue weighted by Crippen LogP contribution is 2.21. The van der Waals surface area contributed by atoms with E-state index in [2.05, 4.69) is 16.0 Å². The van der Waals surface area contributed by atoms with Crippen molar-refractivity contribution < 1.29 is 37.2 Å². The molecule has 0 aromatic heterocycles. The lowest BCUT2D eigenvalue weighted by Gasteiger charge is -2.28. The van der Waals surface area contributed by atoms with E-state index in [0.29, 0.717) is 13.0 Å². The van der Waals surface area contributed by atoms with E-state index in [1.54, 1.807) is 0 Å². The first kappa shape index (κ1) is 26.3. The molecule has 1 saturated carbocycles. The molecule has 2 rings (SSSR count). The molecule has 11 nitrogen and oxygen atoms in total. The molecule has 2 aliphatic rings. The van der Waals surface area contributed by atoms with Crippen molar-refractivity contribution >= 4 is 28.0 Å². The van der Waals surface area contributed by atoms with Crippen LogP contribution in [-0.2, 0) is 24.4 Å². The van der Waals surface area contributed by atoms with Gasteiger partial charge in [0, 0.05) is 12.5 Å². The van der Waals surface area contributed by atoms with Gasteiger partial charge in [0.05, 0.1) is 6.04 Å². The summed E-state index contributed by atoms with van der Waals surface area (Å²) >= 11 is 0. The Morgan fingerprint density at radius 1 is 1.16 bits per heavy atom. The zero-order chi connectivity index (χ0) is 23.9. The van der Waals surface area contributed by atoms with Crippen LogP contribution >= 0.6 is 0 Å². The molecule has 1 saturated heterocycles. The monoisotopic (exact) mass is 477 g/mol. The summed E-state index contributed by atoms with van der Waals surface area (Å²) < 4.78 is 37.8. The van der Waals surface area contributed by atoms with E-state index in [0.717, 1.165) is 32.1 Å². The lowest BCUT2D eigenvalue weighted by molar-refractivity contribution is -0.126. The van der Waals surface area contributed by atoms with Gasteiger partial charge in [0.2, 0.25) is 17.3 Å². The molecule has 0 aromatic rings. The van der Waals surface area contributed by atoms with Crippen LogP contribution in [0, 0.1) is 11.8 Å². The van der Waals surface area contributed by atoms with Crippen LogP contribution in [0.25, 0.3) is 0 Å². The summed E-state index contributed by atoms with van der Waals surface area (Å²) in [6.45, 7) is 4.10. The van der Waals surface area contributed by atoms with E-state index in [9.17, 15) is 32.5 Å². The summed E-state index contributed by atoms with van der Waals surface area (Å²) in [6, 6.07) is -2.48. The number of carbonyl (C=O) groups excluding carboxylic acids is 3. The number of alkyl carbamates (subject to hydrolysis) is 1. The zero-order valence-corrected chi connectivity index (χ0v) is 19.4. The molecule has 0 bridgehead atoms. The van der Waals surface area contributed by atoms with Gasteiger partial charge in [-0.05, 0) is 50.9 Å². The van der Waals surface area contributed by atoms with Gasteiger partial charge >= 0.3 is 6.09 Å². The Kier molecular flexibility index (Phi) is 9.71. The molecule has 1 heterocycles. The predicted octanol–water partition coefficient (Wildman–Crippen LogP) is 0.677. The van der Waals surface area contributed by atoms with Crippen molar-refractivity contribution in [2.24, 2.45) is 11.8 Å². The second-order valence-corrected chi connectivity index (χ2v) is 10.5. The Hall–Kier alpha value is -1.92. The van der Waals surface area contributed by atoms with Crippen molar-refractivity contribution in [1.29, 1.82) is 0 Å². The molecule has 12 heteroatoms. The minimum absolute atomic E-state index is 0.00582. The van der Waals surface area contributed by atoms with Gasteiger partial charge in [0.1, 0.15) is 12.1 Å². The van der Waals surface area contributed by atoms with E-state index < -0.39 is 45.6 Å². The van der Waals surface area contributed by atoms with Crippen molar-refractivity contribution in [3.63, 3.8) is 0 Å². The van der Waals surface area contributed by atoms with E-state index in [1.165, 1.54) is 0 Å². The van der Waals surface area contributed by atoms with Crippen LogP contribution in [0.1, 0.15) is 65.2 Å². The molecule has 0 spiro atoms. The molecule has 32 heavy (non-hydrogen) atoms. The van der Waals surface area contributed by atoms with Gasteiger partial charge in [-0.3, -0.25) is 14.1 Å². The Labute approximate surface area is 188 Å². The third kappa shape index (κ3) is 8.21. The fourth-order valence-electron chi connectivity index (χ4n) is 4.13. The van der Waals surface area contributed by atoms with Gasteiger partial charge in [-0.15, -0.1) is 0 Å². The number of hydrogen-bond acceptors (Lipinski definition) is 7. The van der Waals surface area contributed by atoms with Crippen molar-refractivity contribution in [3.05, 3.63) is 0 Å². The lowest BCUT2D eigenvalue weighted by Crippen LogP contribution is -2.55. The van der Waals surface area contributed by atoms with Crippen molar-refractivity contribution in [1.82, 2.24) is 16.0 Å². The van der Waals surface area contributed by atoms with Gasteiger partial charge in [-0.25, -0.2) is 4.79 Å². The number of rotatable bonds is 10. The van der Waals surface area contributed by atoms with Gasteiger partial charge in [0.25, 0.3) is 10.1 Å². The summed E-state index contributed by atoms with van der Waals surface area (Å²) in [7, 11) is -4.90. The standard InChI is InChI=1S/C20H35N3O8S/c1-12(2)10-15(23-20(27)31-14-6-4-3-5-7-14)18(25)22-16(19(26)32(28,29)30)11-13-8-9-21-17(13)24/h12-16,19,26H,3-11H2,1-2H3,(H,21,24)(H,22,25)(H,23,27)(H,28,29,30)/t13?,15?,16-,19?/m0/s1. The molecule has 1 aliphatic carbocycles. The van der Waals surface area contributed by atoms with Gasteiger partial charge in [-0.2, -0.15) is 8.42 Å². The lowest BCUT2D eigenvalue weighted by atomic mass is 9.97. The number of hydrogen-bond donors (Lipinski definition) is 5. The molecular weight excluding hydrogens is 442 g/mol. The average Bonchev–Trinajstić information content (AvgIpc) is 3.10. The van der Waals surface area contributed by atoms with Gasteiger partial charge < -0.3 is 25.8 Å². The van der Waals surface area contributed by atoms with E-state index in [1.807, 2.05) is 13.8 Å². The first-order valence-corrected chi connectivity index (χ1v) is 12.7. The van der Waals surface area contributed by atoms with Crippen LogP contribution < -0.4 is 16.0 Å². The number of aliphatic hydroxyl groups excluding tert-OH is 1. The van der Waals surface area contributed by atoms with Crippen LogP contribution in [0.2, 0.25) is 0 Å². The zero-order valence-electron chi connectivity index (χ0n) is 18.6. The van der Waals surface area contributed by atoms with Crippen LogP contribution in [0.5, 0.6) is 0 Å². The molecule has 0 aromatic carbocycles. The molecule has 3 unspecified atom stereocenters. The quantitative estimate of drug-likeness (QED) is 0.286. The highest BCUT2D eigenvalue weighted by molar-refractivity contribution is 7.86. The van der Waals surface area contributed by atoms with E-state index in [-0.39, 0.29) is 30.8 Å². The van der Waals surface area contributed by atoms with Crippen LogP contribution in [-0.4, -0.2) is 66.2 Å². The Balaban J connectivity index is 2.08. The molecular formula is C20H35N3O8S. The summed E-state index contributed by atoms with van der Waals surface area (Å²) in [5, 5.41) is 17.6. The summed E-state index contributed by atoms with van der Waals surface area (Å²) in [6.07, 6.45) is 4.09. The molecule has 2 fully saturated rings. The predicted molar refractivity (Wildman–Crippen MR) is 115 cm³/mol.